The monoisotopic (exact) mass is 403 g/mol. The minimum atomic E-state index is -0.189. The number of hydrogen-bond donors (Lipinski definition) is 2. The summed E-state index contributed by atoms with van der Waals surface area (Å²) in [6.45, 7) is 2.99. The van der Waals surface area contributed by atoms with Crippen LogP contribution < -0.4 is 10.6 Å². The maximum absolute atomic E-state index is 13.1. The zero-order chi connectivity index (χ0) is 20.6. The lowest BCUT2D eigenvalue weighted by Gasteiger charge is -2.33. The quantitative estimate of drug-likeness (QED) is 0.566. The third-order valence-electron chi connectivity index (χ3n) is 5.82. The maximum Gasteiger partial charge on any atom is 0.243 e. The van der Waals surface area contributed by atoms with E-state index in [1.54, 1.807) is 19.0 Å². The molecular formula is C22H34FN5O. The molecule has 1 saturated carbocycles. The van der Waals surface area contributed by atoms with Gasteiger partial charge in [-0.1, -0.05) is 25.0 Å². The number of likely N-dealkylation sites (tertiary alicyclic amines) is 1. The van der Waals surface area contributed by atoms with Crippen molar-refractivity contribution in [2.24, 2.45) is 4.99 Å². The van der Waals surface area contributed by atoms with Gasteiger partial charge in [-0.3, -0.25) is 9.69 Å². The molecule has 1 aromatic carbocycles. The molecule has 0 radical (unpaired) electrons. The summed E-state index contributed by atoms with van der Waals surface area (Å²) in [7, 11) is 3.51. The van der Waals surface area contributed by atoms with Crippen molar-refractivity contribution in [3.63, 3.8) is 0 Å². The van der Waals surface area contributed by atoms with Crippen LogP contribution in [0.4, 0.5) is 4.39 Å². The molecule has 2 fully saturated rings. The lowest BCUT2D eigenvalue weighted by Crippen LogP contribution is -2.50. The van der Waals surface area contributed by atoms with E-state index in [0.29, 0.717) is 12.1 Å². The van der Waals surface area contributed by atoms with E-state index >= 15 is 0 Å². The molecular weight excluding hydrogens is 369 g/mol. The molecule has 0 spiro atoms. The molecule has 1 aliphatic heterocycles. The summed E-state index contributed by atoms with van der Waals surface area (Å²) < 4.78 is 13.1. The number of guanidine groups is 1. The van der Waals surface area contributed by atoms with E-state index in [4.69, 9.17) is 0 Å². The number of likely N-dealkylation sites (N-methyl/N-ethyl adjacent to an activating group) is 1. The fraction of sp³-hybridized carbons (Fsp3) is 0.636. The molecule has 1 aromatic rings. The minimum absolute atomic E-state index is 0.00615. The molecule has 7 heteroatoms. The number of piperidine rings is 1. The van der Waals surface area contributed by atoms with Crippen molar-refractivity contribution in [2.75, 3.05) is 33.7 Å². The van der Waals surface area contributed by atoms with Gasteiger partial charge in [0.05, 0.1) is 0 Å². The molecule has 2 N–H and O–H groups in total. The number of carbonyl (C=O) groups is 1. The van der Waals surface area contributed by atoms with E-state index in [2.05, 4.69) is 20.5 Å². The van der Waals surface area contributed by atoms with Crippen LogP contribution in [0, 0.1) is 5.82 Å². The molecule has 29 heavy (non-hydrogen) atoms. The van der Waals surface area contributed by atoms with Crippen molar-refractivity contribution < 1.29 is 9.18 Å². The Labute approximate surface area is 173 Å². The molecule has 1 heterocycles. The standard InChI is InChI=1S/C22H34FN5O/c1-27(2)21(29)15-24-22(25-19-5-3-4-6-19)26-20-11-13-28(14-12-20)16-17-7-9-18(23)10-8-17/h7-10,19-20H,3-6,11-16H2,1-2H3,(H2,24,25,26). The second-order valence-corrected chi connectivity index (χ2v) is 8.40. The predicted octanol–water partition coefficient (Wildman–Crippen LogP) is 2.36. The van der Waals surface area contributed by atoms with Gasteiger partial charge in [-0.15, -0.1) is 0 Å². The summed E-state index contributed by atoms with van der Waals surface area (Å²) in [4.78, 5) is 20.5. The molecule has 1 saturated heterocycles. The largest absolute Gasteiger partial charge is 0.354 e. The fourth-order valence-corrected chi connectivity index (χ4v) is 3.96. The third kappa shape index (κ3) is 6.99. The van der Waals surface area contributed by atoms with E-state index in [0.717, 1.165) is 44.0 Å². The Kier molecular flexibility index (Phi) is 7.86. The highest BCUT2D eigenvalue weighted by Crippen LogP contribution is 2.18. The van der Waals surface area contributed by atoms with Crippen LogP contribution in [-0.4, -0.2) is 67.5 Å². The minimum Gasteiger partial charge on any atom is -0.354 e. The number of nitrogens with one attached hydrogen (secondary N) is 2. The molecule has 2 aliphatic rings. The Morgan fingerprint density at radius 3 is 2.24 bits per heavy atom. The van der Waals surface area contributed by atoms with Crippen molar-refractivity contribution in [3.8, 4) is 0 Å². The number of benzene rings is 1. The van der Waals surface area contributed by atoms with Gasteiger partial charge in [0.2, 0.25) is 5.91 Å². The average molecular weight is 404 g/mol. The van der Waals surface area contributed by atoms with Crippen LogP contribution in [0.15, 0.2) is 29.3 Å². The van der Waals surface area contributed by atoms with Gasteiger partial charge >= 0.3 is 0 Å². The first kappa shape index (κ1) is 21.6. The number of carbonyl (C=O) groups excluding carboxylic acids is 1. The van der Waals surface area contributed by atoms with Crippen molar-refractivity contribution >= 4 is 11.9 Å². The van der Waals surface area contributed by atoms with Gasteiger partial charge in [-0.2, -0.15) is 0 Å². The van der Waals surface area contributed by atoms with Crippen LogP contribution >= 0.6 is 0 Å². The van der Waals surface area contributed by atoms with Gasteiger partial charge in [-0.25, -0.2) is 9.38 Å². The highest BCUT2D eigenvalue weighted by molar-refractivity contribution is 5.85. The number of hydrogen-bond acceptors (Lipinski definition) is 3. The predicted molar refractivity (Wildman–Crippen MR) is 114 cm³/mol. The summed E-state index contributed by atoms with van der Waals surface area (Å²) >= 11 is 0. The molecule has 3 rings (SSSR count). The van der Waals surface area contributed by atoms with Gasteiger partial charge in [0, 0.05) is 45.8 Å². The fourth-order valence-electron chi connectivity index (χ4n) is 3.96. The number of rotatable bonds is 6. The maximum atomic E-state index is 13.1. The second-order valence-electron chi connectivity index (χ2n) is 8.40. The molecule has 1 amide bonds. The van der Waals surface area contributed by atoms with Gasteiger partial charge in [0.15, 0.2) is 5.96 Å². The van der Waals surface area contributed by atoms with Crippen molar-refractivity contribution in [2.45, 2.75) is 57.2 Å². The summed E-state index contributed by atoms with van der Waals surface area (Å²) in [6, 6.07) is 7.57. The van der Waals surface area contributed by atoms with Crippen LogP contribution in [0.3, 0.4) is 0 Å². The molecule has 0 bridgehead atoms. The Hall–Kier alpha value is -2.15. The summed E-state index contributed by atoms with van der Waals surface area (Å²) in [5, 5.41) is 7.09. The van der Waals surface area contributed by atoms with Gasteiger partial charge in [0.25, 0.3) is 0 Å². The molecule has 160 valence electrons. The van der Waals surface area contributed by atoms with Crippen LogP contribution in [-0.2, 0) is 11.3 Å². The molecule has 0 atom stereocenters. The lowest BCUT2D eigenvalue weighted by molar-refractivity contribution is -0.127. The Bertz CT molecular complexity index is 677. The normalized spacial score (nSPS) is 19.3. The smallest absolute Gasteiger partial charge is 0.243 e. The second kappa shape index (κ2) is 10.6. The van der Waals surface area contributed by atoms with Crippen molar-refractivity contribution in [3.05, 3.63) is 35.6 Å². The van der Waals surface area contributed by atoms with E-state index in [1.807, 2.05) is 12.1 Å². The zero-order valence-corrected chi connectivity index (χ0v) is 17.7. The van der Waals surface area contributed by atoms with Crippen LogP contribution in [0.25, 0.3) is 0 Å². The van der Waals surface area contributed by atoms with E-state index in [1.165, 1.54) is 37.8 Å². The highest BCUT2D eigenvalue weighted by Gasteiger charge is 2.22. The summed E-state index contributed by atoms with van der Waals surface area (Å²) in [5.41, 5.74) is 1.14. The van der Waals surface area contributed by atoms with Crippen LogP contribution in [0.1, 0.15) is 44.1 Å². The molecule has 0 aromatic heterocycles. The Morgan fingerprint density at radius 2 is 1.66 bits per heavy atom. The van der Waals surface area contributed by atoms with E-state index in [-0.39, 0.29) is 18.3 Å². The topological polar surface area (TPSA) is 60.0 Å². The van der Waals surface area contributed by atoms with Crippen LogP contribution in [0.5, 0.6) is 0 Å². The first-order chi connectivity index (χ1) is 14.0. The van der Waals surface area contributed by atoms with Gasteiger partial charge < -0.3 is 15.5 Å². The van der Waals surface area contributed by atoms with Gasteiger partial charge in [-0.05, 0) is 43.4 Å². The average Bonchev–Trinajstić information content (AvgIpc) is 3.22. The highest BCUT2D eigenvalue weighted by atomic mass is 19.1. The van der Waals surface area contributed by atoms with E-state index in [9.17, 15) is 9.18 Å². The first-order valence-corrected chi connectivity index (χ1v) is 10.7. The van der Waals surface area contributed by atoms with Crippen molar-refractivity contribution in [1.29, 1.82) is 0 Å². The van der Waals surface area contributed by atoms with Crippen molar-refractivity contribution in [1.82, 2.24) is 20.4 Å². The summed E-state index contributed by atoms with van der Waals surface area (Å²) in [6.07, 6.45) is 6.88. The number of halogens is 1. The number of aliphatic imine (C=N–C) groups is 1. The van der Waals surface area contributed by atoms with E-state index < -0.39 is 0 Å². The number of amides is 1. The first-order valence-electron chi connectivity index (χ1n) is 10.7. The molecule has 0 unspecified atom stereocenters. The number of nitrogens with zero attached hydrogens (tertiary/aromatic N) is 3. The molecule has 6 nitrogen and oxygen atoms in total. The SMILES string of the molecule is CN(C)C(=O)CN=C(NC1CCCC1)NC1CCN(Cc2ccc(F)cc2)CC1. The Balaban J connectivity index is 1.50. The third-order valence-corrected chi connectivity index (χ3v) is 5.82. The summed E-state index contributed by atoms with van der Waals surface area (Å²) in [5.74, 6) is 0.585. The molecule has 1 aliphatic carbocycles. The Morgan fingerprint density at radius 1 is 1.07 bits per heavy atom. The zero-order valence-electron chi connectivity index (χ0n) is 17.7. The van der Waals surface area contributed by atoms with Gasteiger partial charge in [0.1, 0.15) is 12.4 Å². The van der Waals surface area contributed by atoms with Crippen LogP contribution in [0.2, 0.25) is 0 Å². The lowest BCUT2D eigenvalue weighted by atomic mass is 10.0.